The topological polar surface area (TPSA) is 53.3 Å². The zero-order valence-electron chi connectivity index (χ0n) is 15.0. The van der Waals surface area contributed by atoms with E-state index in [1.165, 1.54) is 6.07 Å². The Morgan fingerprint density at radius 3 is 2.78 bits per heavy atom. The summed E-state index contributed by atoms with van der Waals surface area (Å²) in [5.41, 5.74) is -0.272. The zero-order valence-corrected chi connectivity index (χ0v) is 15.8. The second-order valence-electron chi connectivity index (χ2n) is 7.24. The van der Waals surface area contributed by atoms with Crippen molar-refractivity contribution in [3.05, 3.63) is 22.2 Å². The summed E-state index contributed by atoms with van der Waals surface area (Å²) in [6.45, 7) is 4.89. The number of hydrogen-bond donors (Lipinski definition) is 2. The summed E-state index contributed by atoms with van der Waals surface area (Å²) in [5, 5.41) is 6.28. The van der Waals surface area contributed by atoms with E-state index in [2.05, 4.69) is 15.6 Å². The van der Waals surface area contributed by atoms with Gasteiger partial charge in [-0.2, -0.15) is 18.2 Å². The number of nitrogens with zero attached hydrogens (tertiary/aromatic N) is 2. The van der Waals surface area contributed by atoms with Crippen molar-refractivity contribution in [2.45, 2.75) is 44.4 Å². The Bertz CT molecular complexity index is 832. The molecule has 0 bridgehead atoms. The largest absolute Gasteiger partial charge is 0.423 e. The lowest BCUT2D eigenvalue weighted by atomic mass is 9.95. The molecule has 9 heteroatoms. The van der Waals surface area contributed by atoms with Gasteiger partial charge in [0.1, 0.15) is 11.1 Å². The predicted octanol–water partition coefficient (Wildman–Crippen LogP) is 4.11. The average molecular weight is 403 g/mol. The summed E-state index contributed by atoms with van der Waals surface area (Å²) in [7, 11) is 0. The van der Waals surface area contributed by atoms with Gasteiger partial charge < -0.3 is 20.0 Å². The summed E-state index contributed by atoms with van der Waals surface area (Å²) < 4.78 is 47.0. The fourth-order valence-corrected chi connectivity index (χ4v) is 4.27. The first-order chi connectivity index (χ1) is 12.9. The maximum atomic E-state index is 13.7. The number of piperidine rings is 1. The minimum absolute atomic E-state index is 0.0767. The Balaban J connectivity index is 1.88. The summed E-state index contributed by atoms with van der Waals surface area (Å²) in [4.78, 5) is 6.17. The summed E-state index contributed by atoms with van der Waals surface area (Å²) in [6.07, 6.45) is -1.71. The molecule has 1 aromatic carbocycles. The minimum atomic E-state index is -4.60. The third-order valence-corrected chi connectivity index (χ3v) is 5.65. The van der Waals surface area contributed by atoms with Gasteiger partial charge in [-0.25, -0.2) is 0 Å². The molecule has 2 saturated heterocycles. The molecule has 2 atom stereocenters. The van der Waals surface area contributed by atoms with E-state index in [1.807, 2.05) is 11.8 Å². The van der Waals surface area contributed by atoms with Gasteiger partial charge in [-0.1, -0.05) is 18.0 Å². The van der Waals surface area contributed by atoms with Gasteiger partial charge in [0.25, 0.3) is 6.01 Å². The van der Waals surface area contributed by atoms with Gasteiger partial charge in [0, 0.05) is 37.3 Å². The molecule has 0 saturated carbocycles. The lowest BCUT2D eigenvalue weighted by molar-refractivity contribution is -0.136. The highest BCUT2D eigenvalue weighted by molar-refractivity contribution is 6.32. The lowest BCUT2D eigenvalue weighted by Crippen LogP contribution is -2.50. The van der Waals surface area contributed by atoms with Gasteiger partial charge in [0.05, 0.1) is 5.02 Å². The number of piperazine rings is 1. The molecular weight excluding hydrogens is 381 g/mol. The van der Waals surface area contributed by atoms with E-state index >= 15 is 0 Å². The smallest absolute Gasteiger partial charge is 0.420 e. The van der Waals surface area contributed by atoms with Crippen molar-refractivity contribution in [3.8, 4) is 0 Å². The maximum Gasteiger partial charge on any atom is 0.420 e. The van der Waals surface area contributed by atoms with Crippen LogP contribution in [-0.4, -0.2) is 37.2 Å². The van der Waals surface area contributed by atoms with Crippen molar-refractivity contribution in [2.24, 2.45) is 0 Å². The fourth-order valence-electron chi connectivity index (χ4n) is 3.96. The van der Waals surface area contributed by atoms with Crippen LogP contribution in [0.1, 0.15) is 43.4 Å². The van der Waals surface area contributed by atoms with Crippen LogP contribution in [0.2, 0.25) is 5.02 Å². The average Bonchev–Trinajstić information content (AvgIpc) is 3.05. The van der Waals surface area contributed by atoms with Gasteiger partial charge in [0.2, 0.25) is 0 Å². The number of anilines is 1. The lowest BCUT2D eigenvalue weighted by Gasteiger charge is -2.32. The number of benzene rings is 1. The van der Waals surface area contributed by atoms with Crippen molar-refractivity contribution in [1.29, 1.82) is 0 Å². The molecule has 2 aliphatic heterocycles. The molecule has 4 rings (SSSR count). The molecule has 5 nitrogen and oxygen atoms in total. The highest BCUT2D eigenvalue weighted by atomic mass is 35.5. The second-order valence-corrected chi connectivity index (χ2v) is 7.65. The normalized spacial score (nSPS) is 24.6. The highest BCUT2D eigenvalue weighted by Gasteiger charge is 2.39. The first-order valence-electron chi connectivity index (χ1n) is 9.27. The number of fused-ring (bicyclic) bond motifs is 1. The third-order valence-electron chi connectivity index (χ3n) is 5.35. The second kappa shape index (κ2) is 7.14. The van der Waals surface area contributed by atoms with Crippen LogP contribution in [0.5, 0.6) is 0 Å². The molecule has 2 aliphatic rings. The van der Waals surface area contributed by atoms with Crippen LogP contribution in [0.25, 0.3) is 11.1 Å². The van der Waals surface area contributed by atoms with Gasteiger partial charge in [-0.05, 0) is 32.4 Å². The Morgan fingerprint density at radius 1 is 1.30 bits per heavy atom. The predicted molar refractivity (Wildman–Crippen MR) is 98.3 cm³/mol. The van der Waals surface area contributed by atoms with Gasteiger partial charge in [-0.15, -0.1) is 0 Å². The van der Waals surface area contributed by atoms with E-state index in [0.29, 0.717) is 12.1 Å². The van der Waals surface area contributed by atoms with E-state index in [-0.39, 0.29) is 34.2 Å². The van der Waals surface area contributed by atoms with E-state index in [1.54, 1.807) is 0 Å². The number of nitrogens with one attached hydrogen (secondary N) is 2. The summed E-state index contributed by atoms with van der Waals surface area (Å²) in [5.74, 6) is 0. The maximum absolute atomic E-state index is 13.7. The number of oxazole rings is 1. The number of alkyl halides is 3. The Hall–Kier alpha value is -1.51. The van der Waals surface area contributed by atoms with Crippen molar-refractivity contribution in [3.63, 3.8) is 0 Å². The highest BCUT2D eigenvalue weighted by Crippen LogP contribution is 2.44. The zero-order chi connectivity index (χ0) is 19.2. The molecule has 2 aromatic rings. The molecule has 0 amide bonds. The Labute approximate surface area is 160 Å². The first kappa shape index (κ1) is 18.8. The summed E-state index contributed by atoms with van der Waals surface area (Å²) >= 11 is 6.08. The van der Waals surface area contributed by atoms with E-state index in [4.69, 9.17) is 16.0 Å². The molecule has 0 aliphatic carbocycles. The van der Waals surface area contributed by atoms with Gasteiger partial charge in [0.15, 0.2) is 5.58 Å². The van der Waals surface area contributed by atoms with Crippen LogP contribution in [0.3, 0.4) is 0 Å². The minimum Gasteiger partial charge on any atom is -0.423 e. The van der Waals surface area contributed by atoms with Crippen LogP contribution in [-0.2, 0) is 6.18 Å². The number of rotatable bonds is 2. The molecule has 148 valence electrons. The quantitative estimate of drug-likeness (QED) is 0.791. The molecular formula is C18H22ClF3N4O. The number of halogens is 4. The van der Waals surface area contributed by atoms with E-state index < -0.39 is 11.7 Å². The Kier molecular flexibility index (Phi) is 4.98. The van der Waals surface area contributed by atoms with Crippen LogP contribution >= 0.6 is 11.6 Å². The number of aromatic nitrogens is 1. The van der Waals surface area contributed by atoms with Crippen molar-refractivity contribution < 1.29 is 17.6 Å². The molecule has 1 aromatic heterocycles. The van der Waals surface area contributed by atoms with Crippen molar-refractivity contribution >= 4 is 28.7 Å². The Morgan fingerprint density at radius 2 is 2.11 bits per heavy atom. The molecule has 0 radical (unpaired) electrons. The third kappa shape index (κ3) is 3.50. The van der Waals surface area contributed by atoms with Crippen molar-refractivity contribution in [1.82, 2.24) is 15.6 Å². The van der Waals surface area contributed by atoms with Gasteiger partial charge >= 0.3 is 6.18 Å². The fraction of sp³-hybridized carbons (Fsp3) is 0.611. The van der Waals surface area contributed by atoms with E-state index in [0.717, 1.165) is 38.9 Å². The van der Waals surface area contributed by atoms with Crippen LogP contribution in [0, 0.1) is 0 Å². The van der Waals surface area contributed by atoms with Crippen LogP contribution in [0.4, 0.5) is 19.2 Å². The molecule has 2 N–H and O–H groups in total. The first-order valence-corrected chi connectivity index (χ1v) is 9.65. The molecule has 27 heavy (non-hydrogen) atoms. The van der Waals surface area contributed by atoms with Gasteiger partial charge in [-0.3, -0.25) is 0 Å². The molecule has 2 fully saturated rings. The summed E-state index contributed by atoms with van der Waals surface area (Å²) in [6, 6.07) is 1.62. The molecule has 0 spiro atoms. The number of hydrogen-bond acceptors (Lipinski definition) is 5. The standard InChI is InChI=1S/C18H22ClF3N4O/c1-10-9-23-6-7-26(10)17-25-15-14(18(20,21)22)12(19)8-11(16(15)27-17)13-4-2-3-5-24-13/h8,10,13,23-24H,2-7,9H2,1H3. The van der Waals surface area contributed by atoms with Crippen LogP contribution < -0.4 is 15.5 Å². The molecule has 2 unspecified atom stereocenters. The SMILES string of the molecule is CC1CNCCN1c1nc2c(C(F)(F)F)c(Cl)cc(C3CCCCN3)c2o1. The molecule has 3 heterocycles. The van der Waals surface area contributed by atoms with E-state index in [9.17, 15) is 13.2 Å². The van der Waals surface area contributed by atoms with Crippen molar-refractivity contribution in [2.75, 3.05) is 31.1 Å². The van der Waals surface area contributed by atoms with Crippen LogP contribution in [0.15, 0.2) is 10.5 Å². The monoisotopic (exact) mass is 402 g/mol.